The fourth-order valence-electron chi connectivity index (χ4n) is 1.68. The molecule has 1 aromatic rings. The monoisotopic (exact) mass is 366 g/mol. The van der Waals surface area contributed by atoms with Crippen LogP contribution in [0, 0.1) is 0 Å². The zero-order valence-electron chi connectivity index (χ0n) is 12.9. The van der Waals surface area contributed by atoms with Gasteiger partial charge in [-0.1, -0.05) is 31.4 Å². The van der Waals surface area contributed by atoms with Gasteiger partial charge in [0, 0.05) is 26.7 Å². The van der Waals surface area contributed by atoms with Crippen molar-refractivity contribution in [3.63, 3.8) is 0 Å². The van der Waals surface area contributed by atoms with E-state index in [4.69, 9.17) is 11.6 Å². The summed E-state index contributed by atoms with van der Waals surface area (Å²) in [4.78, 5) is 4.08. The van der Waals surface area contributed by atoms with Crippen molar-refractivity contribution in [2.75, 3.05) is 26.7 Å². The van der Waals surface area contributed by atoms with Crippen LogP contribution in [0.25, 0.3) is 0 Å². The minimum absolute atomic E-state index is 0.222. The third-order valence-electron chi connectivity index (χ3n) is 2.82. The maximum atomic E-state index is 12.0. The summed E-state index contributed by atoms with van der Waals surface area (Å²) in [7, 11) is -1.80. The summed E-state index contributed by atoms with van der Waals surface area (Å²) in [6.45, 7) is 3.73. The lowest BCUT2D eigenvalue weighted by Gasteiger charge is -2.12. The van der Waals surface area contributed by atoms with E-state index >= 15 is 0 Å². The highest BCUT2D eigenvalue weighted by atomic mass is 35.5. The molecule has 9 heteroatoms. The molecule has 0 bridgehead atoms. The Morgan fingerprint density at radius 1 is 1.23 bits per heavy atom. The van der Waals surface area contributed by atoms with Crippen LogP contribution in [-0.4, -0.2) is 41.1 Å². The number of guanidine groups is 1. The van der Waals surface area contributed by atoms with Crippen molar-refractivity contribution >= 4 is 38.9 Å². The van der Waals surface area contributed by atoms with Gasteiger partial charge in [-0.2, -0.15) is 0 Å². The first kappa shape index (κ1) is 19.2. The average molecular weight is 367 g/mol. The van der Waals surface area contributed by atoms with Crippen molar-refractivity contribution in [2.24, 2.45) is 4.99 Å². The number of halogens is 1. The molecule has 0 saturated heterocycles. The maximum Gasteiger partial charge on any atom is 0.250 e. The van der Waals surface area contributed by atoms with Gasteiger partial charge in [-0.3, -0.25) is 4.99 Å². The highest BCUT2D eigenvalue weighted by Crippen LogP contribution is 2.24. The van der Waals surface area contributed by atoms with Gasteiger partial charge in [0.2, 0.25) is 10.0 Å². The van der Waals surface area contributed by atoms with Gasteiger partial charge in [-0.05, 0) is 18.6 Å². The molecular formula is C13H23ClN4O2S2. The van der Waals surface area contributed by atoms with E-state index in [0.717, 1.165) is 24.3 Å². The van der Waals surface area contributed by atoms with E-state index < -0.39 is 10.0 Å². The van der Waals surface area contributed by atoms with E-state index in [1.165, 1.54) is 18.9 Å². The highest BCUT2D eigenvalue weighted by Gasteiger charge is 2.15. The van der Waals surface area contributed by atoms with E-state index in [9.17, 15) is 8.42 Å². The lowest BCUT2D eigenvalue weighted by molar-refractivity contribution is 0.582. The predicted molar refractivity (Wildman–Crippen MR) is 93.4 cm³/mol. The molecule has 1 aromatic heterocycles. The first-order valence-electron chi connectivity index (χ1n) is 7.19. The quantitative estimate of drug-likeness (QED) is 0.355. The number of hydrogen-bond acceptors (Lipinski definition) is 4. The average Bonchev–Trinajstić information content (AvgIpc) is 2.93. The van der Waals surface area contributed by atoms with Crippen LogP contribution >= 0.6 is 22.9 Å². The Balaban J connectivity index is 2.28. The van der Waals surface area contributed by atoms with E-state index in [-0.39, 0.29) is 10.8 Å². The Kier molecular flexibility index (Phi) is 8.77. The summed E-state index contributed by atoms with van der Waals surface area (Å²) in [5.41, 5.74) is 0. The number of thiophene rings is 1. The van der Waals surface area contributed by atoms with Crippen molar-refractivity contribution in [3.8, 4) is 0 Å². The third-order valence-corrected chi connectivity index (χ3v) is 6.00. The van der Waals surface area contributed by atoms with Gasteiger partial charge in [-0.15, -0.1) is 11.3 Å². The maximum absolute atomic E-state index is 12.0. The molecule has 22 heavy (non-hydrogen) atoms. The fourth-order valence-corrected chi connectivity index (χ4v) is 4.24. The largest absolute Gasteiger partial charge is 0.356 e. The first-order chi connectivity index (χ1) is 10.5. The molecule has 3 N–H and O–H groups in total. The van der Waals surface area contributed by atoms with Crippen LogP contribution in [0.4, 0.5) is 0 Å². The lowest BCUT2D eigenvalue weighted by Crippen LogP contribution is -2.41. The highest BCUT2D eigenvalue weighted by molar-refractivity contribution is 7.91. The Labute approximate surface area is 141 Å². The first-order valence-corrected chi connectivity index (χ1v) is 9.87. The van der Waals surface area contributed by atoms with Gasteiger partial charge >= 0.3 is 0 Å². The Morgan fingerprint density at radius 3 is 2.55 bits per heavy atom. The van der Waals surface area contributed by atoms with Gasteiger partial charge < -0.3 is 10.6 Å². The molecule has 0 aliphatic rings. The number of sulfonamides is 1. The molecule has 0 atom stereocenters. The number of nitrogens with zero attached hydrogens (tertiary/aromatic N) is 1. The van der Waals surface area contributed by atoms with Gasteiger partial charge in [0.05, 0.1) is 4.34 Å². The van der Waals surface area contributed by atoms with Crippen LogP contribution < -0.4 is 15.4 Å². The summed E-state index contributed by atoms with van der Waals surface area (Å²) in [5.74, 6) is 0.675. The summed E-state index contributed by atoms with van der Waals surface area (Å²) >= 11 is 6.79. The van der Waals surface area contributed by atoms with Crippen molar-refractivity contribution in [1.82, 2.24) is 15.4 Å². The topological polar surface area (TPSA) is 82.6 Å². The van der Waals surface area contributed by atoms with Crippen molar-refractivity contribution in [2.45, 2.75) is 30.4 Å². The van der Waals surface area contributed by atoms with Crippen molar-refractivity contribution in [3.05, 3.63) is 16.5 Å². The second-order valence-corrected chi connectivity index (χ2v) is 8.30. The number of unbranched alkanes of at least 4 members (excludes halogenated alkanes) is 2. The number of hydrogen-bond donors (Lipinski definition) is 3. The zero-order chi connectivity index (χ0) is 16.4. The Bertz CT molecular complexity index is 572. The van der Waals surface area contributed by atoms with E-state index in [2.05, 4.69) is 27.3 Å². The molecule has 1 rings (SSSR count). The lowest BCUT2D eigenvalue weighted by atomic mass is 10.2. The van der Waals surface area contributed by atoms with E-state index in [1.54, 1.807) is 13.1 Å². The predicted octanol–water partition coefficient (Wildman–Crippen LogP) is 2.04. The van der Waals surface area contributed by atoms with Crippen molar-refractivity contribution < 1.29 is 8.42 Å². The summed E-state index contributed by atoms with van der Waals surface area (Å²) < 4.78 is 27.1. The normalized spacial score (nSPS) is 12.4. The summed E-state index contributed by atoms with van der Waals surface area (Å²) in [5, 5.41) is 6.25. The molecule has 0 amide bonds. The molecule has 0 aliphatic heterocycles. The van der Waals surface area contributed by atoms with Gasteiger partial charge in [0.25, 0.3) is 0 Å². The van der Waals surface area contributed by atoms with Crippen LogP contribution in [0.3, 0.4) is 0 Å². The number of rotatable bonds is 9. The van der Waals surface area contributed by atoms with Crippen LogP contribution in [-0.2, 0) is 10.0 Å². The SMILES string of the molecule is CCCCCNC(=NC)NCCNS(=O)(=O)c1ccc(Cl)s1. The molecule has 0 unspecified atom stereocenters. The van der Waals surface area contributed by atoms with Crippen LogP contribution in [0.5, 0.6) is 0 Å². The minimum atomic E-state index is -3.48. The second kappa shape index (κ2) is 10.0. The summed E-state index contributed by atoms with van der Waals surface area (Å²) in [6.07, 6.45) is 3.43. The van der Waals surface area contributed by atoms with Gasteiger partial charge in [0.15, 0.2) is 5.96 Å². The van der Waals surface area contributed by atoms with E-state index in [0.29, 0.717) is 16.8 Å². The van der Waals surface area contributed by atoms with Crippen LogP contribution in [0.15, 0.2) is 21.3 Å². The molecule has 0 radical (unpaired) electrons. The van der Waals surface area contributed by atoms with E-state index in [1.807, 2.05) is 0 Å². The molecule has 6 nitrogen and oxygen atoms in total. The second-order valence-electron chi connectivity index (χ2n) is 4.59. The molecule has 126 valence electrons. The molecular weight excluding hydrogens is 344 g/mol. The Morgan fingerprint density at radius 2 is 1.95 bits per heavy atom. The number of nitrogens with one attached hydrogen (secondary N) is 3. The fraction of sp³-hybridized carbons (Fsp3) is 0.615. The molecule has 0 aliphatic carbocycles. The van der Waals surface area contributed by atoms with Crippen LogP contribution in [0.2, 0.25) is 4.34 Å². The van der Waals surface area contributed by atoms with Gasteiger partial charge in [0.1, 0.15) is 4.21 Å². The minimum Gasteiger partial charge on any atom is -0.356 e. The van der Waals surface area contributed by atoms with Gasteiger partial charge in [-0.25, -0.2) is 13.1 Å². The molecule has 0 spiro atoms. The zero-order valence-corrected chi connectivity index (χ0v) is 15.2. The van der Waals surface area contributed by atoms with Crippen molar-refractivity contribution in [1.29, 1.82) is 0 Å². The van der Waals surface area contributed by atoms with Crippen LogP contribution in [0.1, 0.15) is 26.2 Å². The standard InChI is InChI=1S/C13H23ClN4O2S2/c1-3-4-5-8-16-13(15-2)17-9-10-18-22(19,20)12-7-6-11(14)21-12/h6-7,18H,3-5,8-10H2,1-2H3,(H2,15,16,17). The third kappa shape index (κ3) is 6.95. The summed E-state index contributed by atoms with van der Waals surface area (Å²) in [6, 6.07) is 3.07. The molecule has 0 aromatic carbocycles. The Hall–Kier alpha value is -0.830. The molecule has 0 saturated carbocycles. The number of aliphatic imine (C=N–C) groups is 1. The molecule has 1 heterocycles. The molecule has 0 fully saturated rings. The smallest absolute Gasteiger partial charge is 0.250 e.